The Hall–Kier alpha value is -3.06. The molecule has 1 unspecified atom stereocenters. The molecule has 0 aliphatic carbocycles. The van der Waals surface area contributed by atoms with Crippen LogP contribution in [0.2, 0.25) is 5.02 Å². The van der Waals surface area contributed by atoms with E-state index in [4.69, 9.17) is 16.3 Å². The topological polar surface area (TPSA) is 79.0 Å². The summed E-state index contributed by atoms with van der Waals surface area (Å²) in [6, 6.07) is 11.8. The van der Waals surface area contributed by atoms with Crippen LogP contribution < -0.4 is 15.0 Å². The number of para-hydroxylation sites is 1. The summed E-state index contributed by atoms with van der Waals surface area (Å²) >= 11 is 6.19. The second-order valence-corrected chi connectivity index (χ2v) is 7.73. The molecule has 2 aromatic rings. The van der Waals surface area contributed by atoms with E-state index in [-0.39, 0.29) is 24.7 Å². The van der Waals surface area contributed by atoms with E-state index in [0.717, 1.165) is 0 Å². The second kappa shape index (κ2) is 7.65. The number of halogens is 1. The Morgan fingerprint density at radius 1 is 1.23 bits per heavy atom. The third kappa shape index (κ3) is 2.92. The Balaban J connectivity index is 1.80. The Kier molecular flexibility index (Phi) is 5.15. The van der Waals surface area contributed by atoms with E-state index in [2.05, 4.69) is 5.32 Å². The van der Waals surface area contributed by atoms with Crippen LogP contribution in [-0.4, -0.2) is 41.9 Å². The SMILES string of the molecule is CCCN1C(=O)c2ccccc2N2C(=O)CCC12C(=O)Nc1ccc(OC)c(Cl)c1. The van der Waals surface area contributed by atoms with E-state index in [1.807, 2.05) is 6.92 Å². The van der Waals surface area contributed by atoms with Gasteiger partial charge in [-0.25, -0.2) is 0 Å². The van der Waals surface area contributed by atoms with Crippen LogP contribution in [0.25, 0.3) is 0 Å². The van der Waals surface area contributed by atoms with Gasteiger partial charge in [-0.2, -0.15) is 0 Å². The molecule has 4 rings (SSSR count). The molecule has 2 aromatic carbocycles. The van der Waals surface area contributed by atoms with Gasteiger partial charge in [0.2, 0.25) is 11.6 Å². The smallest absolute Gasteiger partial charge is 0.271 e. The zero-order valence-electron chi connectivity index (χ0n) is 16.8. The van der Waals surface area contributed by atoms with Crippen LogP contribution >= 0.6 is 11.6 Å². The van der Waals surface area contributed by atoms with Crippen LogP contribution in [0, 0.1) is 0 Å². The van der Waals surface area contributed by atoms with Gasteiger partial charge in [0.05, 0.1) is 23.4 Å². The molecule has 0 aromatic heterocycles. The summed E-state index contributed by atoms with van der Waals surface area (Å²) in [5, 5.41) is 3.21. The molecule has 8 heteroatoms. The molecule has 1 atom stereocenters. The predicted octanol–water partition coefficient (Wildman–Crippen LogP) is 3.68. The van der Waals surface area contributed by atoms with Crippen molar-refractivity contribution in [2.45, 2.75) is 31.8 Å². The van der Waals surface area contributed by atoms with Crippen LogP contribution in [0.5, 0.6) is 5.75 Å². The number of amides is 3. The molecule has 7 nitrogen and oxygen atoms in total. The number of carbonyl (C=O) groups excluding carboxylic acids is 3. The normalized spacial score (nSPS) is 20.1. The number of hydrogen-bond donors (Lipinski definition) is 1. The van der Waals surface area contributed by atoms with Crippen molar-refractivity contribution in [3.63, 3.8) is 0 Å². The van der Waals surface area contributed by atoms with Crippen molar-refractivity contribution >= 4 is 40.7 Å². The second-order valence-electron chi connectivity index (χ2n) is 7.32. The highest BCUT2D eigenvalue weighted by Crippen LogP contribution is 2.45. The van der Waals surface area contributed by atoms with Crippen molar-refractivity contribution < 1.29 is 19.1 Å². The lowest BCUT2D eigenvalue weighted by atomic mass is 9.95. The van der Waals surface area contributed by atoms with Crippen LogP contribution in [0.1, 0.15) is 36.5 Å². The average molecular weight is 428 g/mol. The summed E-state index contributed by atoms with van der Waals surface area (Å²) in [7, 11) is 1.51. The van der Waals surface area contributed by atoms with Gasteiger partial charge in [-0.3, -0.25) is 19.3 Å². The van der Waals surface area contributed by atoms with Crippen LogP contribution in [0.15, 0.2) is 42.5 Å². The van der Waals surface area contributed by atoms with Gasteiger partial charge in [0, 0.05) is 25.1 Å². The predicted molar refractivity (Wildman–Crippen MR) is 114 cm³/mol. The zero-order chi connectivity index (χ0) is 21.5. The van der Waals surface area contributed by atoms with E-state index in [1.54, 1.807) is 42.5 Å². The van der Waals surface area contributed by atoms with Gasteiger partial charge >= 0.3 is 0 Å². The van der Waals surface area contributed by atoms with Crippen molar-refractivity contribution in [3.05, 3.63) is 53.1 Å². The Labute approximate surface area is 179 Å². The number of rotatable bonds is 5. The number of hydrogen-bond acceptors (Lipinski definition) is 4. The van der Waals surface area contributed by atoms with E-state index in [9.17, 15) is 14.4 Å². The molecule has 2 heterocycles. The molecule has 30 heavy (non-hydrogen) atoms. The highest BCUT2D eigenvalue weighted by Gasteiger charge is 2.60. The van der Waals surface area contributed by atoms with Crippen molar-refractivity contribution in [2.24, 2.45) is 0 Å². The summed E-state index contributed by atoms with van der Waals surface area (Å²) in [4.78, 5) is 42.9. The third-order valence-corrected chi connectivity index (χ3v) is 5.89. The minimum absolute atomic E-state index is 0.179. The van der Waals surface area contributed by atoms with Crippen LogP contribution in [-0.2, 0) is 9.59 Å². The maximum Gasteiger partial charge on any atom is 0.271 e. The standard InChI is InChI=1S/C22H22ClN3O4/c1-3-12-25-20(28)15-6-4-5-7-17(15)26-19(27)10-11-22(25,26)21(29)24-14-8-9-18(30-2)16(23)13-14/h4-9,13H,3,10-12H2,1-2H3,(H,24,29). The molecule has 0 spiro atoms. The van der Waals surface area contributed by atoms with Crippen molar-refractivity contribution in [2.75, 3.05) is 23.9 Å². The number of benzene rings is 2. The fraction of sp³-hybridized carbons (Fsp3) is 0.318. The lowest BCUT2D eigenvalue weighted by molar-refractivity contribution is -0.128. The van der Waals surface area contributed by atoms with Gasteiger partial charge in [0.25, 0.3) is 11.8 Å². The van der Waals surface area contributed by atoms with Gasteiger partial charge in [0.15, 0.2) is 0 Å². The summed E-state index contributed by atoms with van der Waals surface area (Å²) in [5.74, 6) is -0.383. The largest absolute Gasteiger partial charge is 0.495 e. The molecule has 1 N–H and O–H groups in total. The van der Waals surface area contributed by atoms with Crippen molar-refractivity contribution in [3.8, 4) is 5.75 Å². The molecule has 0 saturated carbocycles. The van der Waals surface area contributed by atoms with Crippen LogP contribution in [0.4, 0.5) is 11.4 Å². The number of nitrogens with zero attached hydrogens (tertiary/aromatic N) is 2. The monoisotopic (exact) mass is 427 g/mol. The molecule has 0 radical (unpaired) electrons. The Morgan fingerprint density at radius 3 is 2.70 bits per heavy atom. The lowest BCUT2D eigenvalue weighted by Gasteiger charge is -2.49. The Morgan fingerprint density at radius 2 is 2.00 bits per heavy atom. The molecule has 2 aliphatic rings. The van der Waals surface area contributed by atoms with Crippen LogP contribution in [0.3, 0.4) is 0 Å². The highest BCUT2D eigenvalue weighted by molar-refractivity contribution is 6.32. The van der Waals surface area contributed by atoms with Crippen molar-refractivity contribution in [1.29, 1.82) is 0 Å². The number of carbonyl (C=O) groups is 3. The molecule has 3 amide bonds. The first-order valence-electron chi connectivity index (χ1n) is 9.83. The van der Waals surface area contributed by atoms with Gasteiger partial charge in [-0.1, -0.05) is 30.7 Å². The number of nitrogens with one attached hydrogen (secondary N) is 1. The first kappa shape index (κ1) is 20.2. The quantitative estimate of drug-likeness (QED) is 0.789. The lowest BCUT2D eigenvalue weighted by Crippen LogP contribution is -2.69. The zero-order valence-corrected chi connectivity index (χ0v) is 17.5. The van der Waals surface area contributed by atoms with Gasteiger partial charge < -0.3 is 15.0 Å². The van der Waals surface area contributed by atoms with Gasteiger partial charge in [0.1, 0.15) is 5.75 Å². The fourth-order valence-corrected chi connectivity index (χ4v) is 4.54. The summed E-state index contributed by atoms with van der Waals surface area (Å²) in [5.41, 5.74) is -0.0510. The van der Waals surface area contributed by atoms with Crippen molar-refractivity contribution in [1.82, 2.24) is 4.90 Å². The van der Waals surface area contributed by atoms with E-state index >= 15 is 0 Å². The molecule has 2 aliphatic heterocycles. The average Bonchev–Trinajstić information content (AvgIpc) is 3.09. The van der Waals surface area contributed by atoms with E-state index in [0.29, 0.717) is 40.7 Å². The molecule has 1 fully saturated rings. The fourth-order valence-electron chi connectivity index (χ4n) is 4.29. The van der Waals surface area contributed by atoms with Gasteiger partial charge in [-0.05, 0) is 36.8 Å². The van der Waals surface area contributed by atoms with Gasteiger partial charge in [-0.15, -0.1) is 0 Å². The van der Waals surface area contributed by atoms with E-state index < -0.39 is 11.6 Å². The Bertz CT molecular complexity index is 1040. The number of anilines is 2. The summed E-state index contributed by atoms with van der Waals surface area (Å²) < 4.78 is 5.16. The molecular formula is C22H22ClN3O4. The summed E-state index contributed by atoms with van der Waals surface area (Å²) in [6.45, 7) is 2.29. The maximum atomic E-state index is 13.6. The number of ether oxygens (including phenoxy) is 1. The number of fused-ring (bicyclic) bond motifs is 3. The molecular weight excluding hydrogens is 406 g/mol. The molecule has 156 valence electrons. The highest BCUT2D eigenvalue weighted by atomic mass is 35.5. The van der Waals surface area contributed by atoms with E-state index in [1.165, 1.54) is 16.9 Å². The minimum atomic E-state index is -1.41. The summed E-state index contributed by atoms with van der Waals surface area (Å²) in [6.07, 6.45) is 1.06. The third-order valence-electron chi connectivity index (χ3n) is 5.59. The first-order chi connectivity index (χ1) is 14.4. The first-order valence-corrected chi connectivity index (χ1v) is 10.2. The molecule has 0 bridgehead atoms. The number of methoxy groups -OCH3 is 1. The molecule has 1 saturated heterocycles. The maximum absolute atomic E-state index is 13.6. The minimum Gasteiger partial charge on any atom is -0.495 e.